The van der Waals surface area contributed by atoms with E-state index in [2.05, 4.69) is 4.98 Å². The van der Waals surface area contributed by atoms with Crippen LogP contribution in [0.15, 0.2) is 24.5 Å². The van der Waals surface area contributed by atoms with E-state index in [4.69, 9.17) is 0 Å². The van der Waals surface area contributed by atoms with Crippen LogP contribution in [0.4, 0.5) is 4.39 Å². The number of halogens is 1. The minimum Gasteiger partial charge on any atom is -0.342 e. The molecule has 19 heavy (non-hydrogen) atoms. The molecule has 1 fully saturated rings. The highest BCUT2D eigenvalue weighted by atomic mass is 19.1. The van der Waals surface area contributed by atoms with Crippen molar-refractivity contribution in [3.05, 3.63) is 36.0 Å². The molecule has 0 bridgehead atoms. The fraction of sp³-hybridized carbons (Fsp3) is 0.429. The van der Waals surface area contributed by atoms with Gasteiger partial charge in [0.2, 0.25) is 5.91 Å². The number of rotatable bonds is 2. The number of aromatic nitrogens is 2. The average Bonchev–Trinajstić information content (AvgIpc) is 2.81. The normalized spacial score (nSPS) is 15.9. The molecule has 0 unspecified atom stereocenters. The van der Waals surface area contributed by atoms with Gasteiger partial charge < -0.3 is 9.30 Å². The molecule has 2 aromatic heterocycles. The summed E-state index contributed by atoms with van der Waals surface area (Å²) in [6.07, 6.45) is 6.77. The third kappa shape index (κ3) is 2.59. The van der Waals surface area contributed by atoms with E-state index >= 15 is 0 Å². The van der Waals surface area contributed by atoms with Gasteiger partial charge in [0.15, 0.2) is 0 Å². The van der Waals surface area contributed by atoms with Gasteiger partial charge in [-0.15, -0.1) is 0 Å². The summed E-state index contributed by atoms with van der Waals surface area (Å²) in [5.41, 5.74) is 1.36. The molecule has 0 saturated carbocycles. The number of piperidine rings is 1. The average molecular weight is 261 g/mol. The van der Waals surface area contributed by atoms with Crippen LogP contribution in [0.2, 0.25) is 0 Å². The summed E-state index contributed by atoms with van der Waals surface area (Å²) in [5.74, 6) is -0.192. The third-order valence-corrected chi connectivity index (χ3v) is 3.51. The van der Waals surface area contributed by atoms with Gasteiger partial charge >= 0.3 is 0 Å². The molecular weight excluding hydrogens is 245 g/mol. The molecule has 0 aliphatic carbocycles. The Hall–Kier alpha value is -1.91. The summed E-state index contributed by atoms with van der Waals surface area (Å²) in [7, 11) is 0. The van der Waals surface area contributed by atoms with Crippen LogP contribution in [0.1, 0.15) is 25.0 Å². The molecule has 100 valence electrons. The quantitative estimate of drug-likeness (QED) is 0.829. The van der Waals surface area contributed by atoms with E-state index in [-0.39, 0.29) is 11.7 Å². The number of carbonyl (C=O) groups excluding carboxylic acids is 1. The Kier molecular flexibility index (Phi) is 3.19. The summed E-state index contributed by atoms with van der Waals surface area (Å²) in [5, 5.41) is 0. The van der Waals surface area contributed by atoms with E-state index in [0.29, 0.717) is 17.8 Å². The Morgan fingerprint density at radius 2 is 2.00 bits per heavy atom. The zero-order chi connectivity index (χ0) is 13.2. The number of hydrogen-bond acceptors (Lipinski definition) is 2. The zero-order valence-corrected chi connectivity index (χ0v) is 10.7. The first-order valence-electron chi connectivity index (χ1n) is 6.63. The van der Waals surface area contributed by atoms with Crippen LogP contribution in [0, 0.1) is 5.82 Å². The minimum atomic E-state index is -0.307. The zero-order valence-electron chi connectivity index (χ0n) is 10.7. The molecule has 0 aromatic carbocycles. The molecule has 1 amide bonds. The van der Waals surface area contributed by atoms with Gasteiger partial charge in [-0.25, -0.2) is 9.37 Å². The standard InChI is InChI=1S/C14H16FN3O/c15-11-4-5-13-16-12(10-18(13)9-11)8-14(19)17-6-2-1-3-7-17/h4-5,9-10H,1-3,6-8H2. The van der Waals surface area contributed by atoms with E-state index < -0.39 is 0 Å². The fourth-order valence-corrected chi connectivity index (χ4v) is 2.51. The monoisotopic (exact) mass is 261 g/mol. The van der Waals surface area contributed by atoms with Gasteiger partial charge in [-0.05, 0) is 31.4 Å². The summed E-state index contributed by atoms with van der Waals surface area (Å²) in [6.45, 7) is 1.70. The first-order valence-corrected chi connectivity index (χ1v) is 6.63. The van der Waals surface area contributed by atoms with E-state index in [1.165, 1.54) is 18.7 Å². The van der Waals surface area contributed by atoms with Crippen molar-refractivity contribution in [1.82, 2.24) is 14.3 Å². The summed E-state index contributed by atoms with van der Waals surface area (Å²) in [6, 6.07) is 2.99. The Morgan fingerprint density at radius 1 is 1.21 bits per heavy atom. The van der Waals surface area contributed by atoms with Crippen molar-refractivity contribution in [2.75, 3.05) is 13.1 Å². The van der Waals surface area contributed by atoms with Gasteiger partial charge in [-0.2, -0.15) is 0 Å². The van der Waals surface area contributed by atoms with Gasteiger partial charge in [-0.3, -0.25) is 4.79 Å². The summed E-state index contributed by atoms with van der Waals surface area (Å²) in [4.78, 5) is 18.3. The lowest BCUT2D eigenvalue weighted by molar-refractivity contribution is -0.131. The van der Waals surface area contributed by atoms with E-state index in [1.807, 2.05) is 4.90 Å². The number of pyridine rings is 1. The summed E-state index contributed by atoms with van der Waals surface area (Å²) >= 11 is 0. The van der Waals surface area contributed by atoms with Crippen molar-refractivity contribution in [3.8, 4) is 0 Å². The smallest absolute Gasteiger partial charge is 0.228 e. The second-order valence-corrected chi connectivity index (χ2v) is 4.96. The van der Waals surface area contributed by atoms with Crippen LogP contribution in [-0.4, -0.2) is 33.3 Å². The van der Waals surface area contributed by atoms with Crippen molar-refractivity contribution in [2.45, 2.75) is 25.7 Å². The lowest BCUT2D eigenvalue weighted by Gasteiger charge is -2.26. The Morgan fingerprint density at radius 3 is 2.79 bits per heavy atom. The highest BCUT2D eigenvalue weighted by Gasteiger charge is 2.17. The number of amides is 1. The Balaban J connectivity index is 1.75. The van der Waals surface area contributed by atoms with Crippen molar-refractivity contribution in [3.63, 3.8) is 0 Å². The SMILES string of the molecule is O=C(Cc1cn2cc(F)ccc2n1)N1CCCCC1. The molecule has 0 N–H and O–H groups in total. The Labute approximate surface area is 110 Å². The van der Waals surface area contributed by atoms with Gasteiger partial charge in [0.05, 0.1) is 12.1 Å². The van der Waals surface area contributed by atoms with Gasteiger partial charge in [0.1, 0.15) is 11.5 Å². The maximum absolute atomic E-state index is 13.1. The molecule has 2 aromatic rings. The first-order chi connectivity index (χ1) is 9.22. The van der Waals surface area contributed by atoms with Gasteiger partial charge in [0.25, 0.3) is 0 Å². The molecule has 1 saturated heterocycles. The molecular formula is C14H16FN3O. The fourth-order valence-electron chi connectivity index (χ4n) is 2.51. The van der Waals surface area contributed by atoms with E-state index in [0.717, 1.165) is 25.9 Å². The molecule has 0 spiro atoms. The third-order valence-electron chi connectivity index (χ3n) is 3.51. The maximum Gasteiger partial charge on any atom is 0.228 e. The maximum atomic E-state index is 13.1. The minimum absolute atomic E-state index is 0.114. The molecule has 1 aliphatic rings. The second kappa shape index (κ2) is 4.99. The van der Waals surface area contributed by atoms with E-state index in [9.17, 15) is 9.18 Å². The number of carbonyl (C=O) groups is 1. The lowest BCUT2D eigenvalue weighted by atomic mass is 10.1. The van der Waals surface area contributed by atoms with Crippen molar-refractivity contribution in [2.24, 2.45) is 0 Å². The molecule has 3 heterocycles. The van der Waals surface area contributed by atoms with E-state index in [1.54, 1.807) is 16.7 Å². The van der Waals surface area contributed by atoms with Gasteiger partial charge in [0, 0.05) is 25.5 Å². The van der Waals surface area contributed by atoms with Crippen LogP contribution in [0.25, 0.3) is 5.65 Å². The number of likely N-dealkylation sites (tertiary alicyclic amines) is 1. The van der Waals surface area contributed by atoms with Crippen LogP contribution in [0.3, 0.4) is 0 Å². The van der Waals surface area contributed by atoms with Crippen LogP contribution < -0.4 is 0 Å². The predicted octanol–water partition coefficient (Wildman–Crippen LogP) is 2.03. The molecule has 3 rings (SSSR count). The van der Waals surface area contributed by atoms with Crippen molar-refractivity contribution >= 4 is 11.6 Å². The van der Waals surface area contributed by atoms with Gasteiger partial charge in [-0.1, -0.05) is 0 Å². The number of fused-ring (bicyclic) bond motifs is 1. The van der Waals surface area contributed by atoms with Crippen molar-refractivity contribution in [1.29, 1.82) is 0 Å². The second-order valence-electron chi connectivity index (χ2n) is 4.96. The van der Waals surface area contributed by atoms with Crippen LogP contribution >= 0.6 is 0 Å². The van der Waals surface area contributed by atoms with Crippen LogP contribution in [-0.2, 0) is 11.2 Å². The molecule has 0 radical (unpaired) electrons. The van der Waals surface area contributed by atoms with Crippen molar-refractivity contribution < 1.29 is 9.18 Å². The Bertz CT molecular complexity index is 602. The first kappa shape index (κ1) is 12.1. The van der Waals surface area contributed by atoms with Crippen LogP contribution in [0.5, 0.6) is 0 Å². The topological polar surface area (TPSA) is 37.6 Å². The number of imidazole rings is 1. The number of hydrogen-bond donors (Lipinski definition) is 0. The molecule has 5 heteroatoms. The number of nitrogens with zero attached hydrogens (tertiary/aromatic N) is 3. The molecule has 0 atom stereocenters. The highest BCUT2D eigenvalue weighted by molar-refractivity contribution is 5.78. The predicted molar refractivity (Wildman–Crippen MR) is 69.3 cm³/mol. The molecule has 1 aliphatic heterocycles. The summed E-state index contributed by atoms with van der Waals surface area (Å²) < 4.78 is 14.7. The highest BCUT2D eigenvalue weighted by Crippen LogP contribution is 2.12. The largest absolute Gasteiger partial charge is 0.342 e. The molecule has 4 nitrogen and oxygen atoms in total. The lowest BCUT2D eigenvalue weighted by Crippen LogP contribution is -2.36.